The first kappa shape index (κ1) is 11.3. The number of hydrogen-bond acceptors (Lipinski definition) is 3. The molecule has 0 spiro atoms. The minimum atomic E-state index is -0.272. The highest BCUT2D eigenvalue weighted by Gasteiger charge is 2.23. The van der Waals surface area contributed by atoms with Gasteiger partial charge in [-0.05, 0) is 17.9 Å². The molecule has 0 aromatic carbocycles. The fraction of sp³-hybridized carbons (Fsp3) is 0.417. The van der Waals surface area contributed by atoms with E-state index in [0.717, 1.165) is 30.9 Å². The normalized spacial score (nSPS) is 19.3. The zero-order chi connectivity index (χ0) is 11.8. The molecular formula is C12H13ClN2OS. The van der Waals surface area contributed by atoms with Gasteiger partial charge in [-0.15, -0.1) is 11.3 Å². The van der Waals surface area contributed by atoms with E-state index in [1.54, 1.807) is 11.3 Å². The van der Waals surface area contributed by atoms with Crippen LogP contribution in [-0.4, -0.2) is 20.8 Å². The number of fused-ring (bicyclic) bond motifs is 1. The third kappa shape index (κ3) is 2.12. The zero-order valence-electron chi connectivity index (χ0n) is 9.27. The molecule has 0 saturated carbocycles. The van der Waals surface area contributed by atoms with Gasteiger partial charge < -0.3 is 9.67 Å². The van der Waals surface area contributed by atoms with E-state index in [2.05, 4.69) is 21.0 Å². The van der Waals surface area contributed by atoms with Crippen molar-refractivity contribution in [1.29, 1.82) is 0 Å². The molecule has 1 unspecified atom stereocenters. The number of imidazole rings is 1. The topological polar surface area (TPSA) is 38.0 Å². The molecule has 0 radical (unpaired) electrons. The molecule has 3 rings (SSSR count). The van der Waals surface area contributed by atoms with E-state index in [0.29, 0.717) is 11.6 Å². The van der Waals surface area contributed by atoms with Crippen molar-refractivity contribution in [2.75, 3.05) is 0 Å². The first-order valence-electron chi connectivity index (χ1n) is 5.68. The van der Waals surface area contributed by atoms with Crippen LogP contribution >= 0.6 is 22.9 Å². The number of halogens is 1. The second kappa shape index (κ2) is 4.44. The average molecular weight is 269 g/mol. The van der Waals surface area contributed by atoms with Crippen LogP contribution in [0.1, 0.15) is 22.8 Å². The molecule has 2 aromatic rings. The highest BCUT2D eigenvalue weighted by molar-refractivity contribution is 7.09. The Hall–Kier alpha value is -0.840. The maximum absolute atomic E-state index is 9.65. The molecule has 0 aliphatic carbocycles. The van der Waals surface area contributed by atoms with E-state index in [-0.39, 0.29) is 6.10 Å². The standard InChI is InChI=1S/C12H13ClN2OS/c13-12-10-6-8(16)3-4-15(10)11(14-12)7-9-2-1-5-17-9/h1-2,5,8,16H,3-4,6-7H2. The van der Waals surface area contributed by atoms with Gasteiger partial charge >= 0.3 is 0 Å². The molecule has 1 N–H and O–H groups in total. The van der Waals surface area contributed by atoms with Crippen molar-refractivity contribution in [3.63, 3.8) is 0 Å². The Labute approximate surface area is 109 Å². The second-order valence-corrected chi connectivity index (χ2v) is 5.71. The monoisotopic (exact) mass is 268 g/mol. The molecule has 3 nitrogen and oxygen atoms in total. The van der Waals surface area contributed by atoms with E-state index >= 15 is 0 Å². The summed E-state index contributed by atoms with van der Waals surface area (Å²) in [7, 11) is 0. The molecule has 5 heteroatoms. The number of aromatic nitrogens is 2. The van der Waals surface area contributed by atoms with Gasteiger partial charge in [0.2, 0.25) is 0 Å². The van der Waals surface area contributed by atoms with Crippen LogP contribution in [0.4, 0.5) is 0 Å². The van der Waals surface area contributed by atoms with Gasteiger partial charge in [0.05, 0.1) is 11.8 Å². The Balaban J connectivity index is 1.93. The summed E-state index contributed by atoms with van der Waals surface area (Å²) in [5.41, 5.74) is 0.983. The van der Waals surface area contributed by atoms with Gasteiger partial charge in [0.1, 0.15) is 5.82 Å². The van der Waals surface area contributed by atoms with Crippen molar-refractivity contribution < 1.29 is 5.11 Å². The van der Waals surface area contributed by atoms with Gasteiger partial charge in [-0.25, -0.2) is 4.98 Å². The molecule has 3 heterocycles. The summed E-state index contributed by atoms with van der Waals surface area (Å²) < 4.78 is 2.16. The molecule has 1 aliphatic heterocycles. The van der Waals surface area contributed by atoms with E-state index < -0.39 is 0 Å². The average Bonchev–Trinajstić information content (AvgIpc) is 2.89. The number of rotatable bonds is 2. The zero-order valence-corrected chi connectivity index (χ0v) is 10.8. The van der Waals surface area contributed by atoms with Crippen LogP contribution < -0.4 is 0 Å². The van der Waals surface area contributed by atoms with Crippen LogP contribution in [0.3, 0.4) is 0 Å². The van der Waals surface area contributed by atoms with Crippen molar-refractivity contribution >= 4 is 22.9 Å². The summed E-state index contributed by atoms with van der Waals surface area (Å²) in [6, 6.07) is 4.16. The van der Waals surface area contributed by atoms with Crippen LogP contribution in [0.15, 0.2) is 17.5 Å². The Bertz CT molecular complexity index is 521. The SMILES string of the molecule is OC1CCn2c(Cc3cccs3)nc(Cl)c2C1. The van der Waals surface area contributed by atoms with Crippen molar-refractivity contribution in [2.24, 2.45) is 0 Å². The van der Waals surface area contributed by atoms with Crippen molar-refractivity contribution in [2.45, 2.75) is 31.9 Å². The van der Waals surface area contributed by atoms with Gasteiger partial charge in [0.25, 0.3) is 0 Å². The maximum atomic E-state index is 9.65. The third-order valence-corrected chi connectivity index (χ3v) is 4.31. The summed E-state index contributed by atoms with van der Waals surface area (Å²) in [5, 5.41) is 12.3. The van der Waals surface area contributed by atoms with E-state index in [9.17, 15) is 5.11 Å². The largest absolute Gasteiger partial charge is 0.393 e. The molecule has 1 aliphatic rings. The van der Waals surface area contributed by atoms with Gasteiger partial charge in [0.15, 0.2) is 5.15 Å². The fourth-order valence-corrected chi connectivity index (χ4v) is 3.25. The second-order valence-electron chi connectivity index (χ2n) is 4.32. The third-order valence-electron chi connectivity index (χ3n) is 3.13. The van der Waals surface area contributed by atoms with E-state index in [1.165, 1.54) is 4.88 Å². The maximum Gasteiger partial charge on any atom is 0.150 e. The predicted octanol–water partition coefficient (Wildman–Crippen LogP) is 2.50. The quantitative estimate of drug-likeness (QED) is 0.909. The lowest BCUT2D eigenvalue weighted by Gasteiger charge is -2.21. The first-order valence-corrected chi connectivity index (χ1v) is 6.94. The summed E-state index contributed by atoms with van der Waals surface area (Å²) in [4.78, 5) is 5.72. The Morgan fingerprint density at radius 3 is 3.24 bits per heavy atom. The Morgan fingerprint density at radius 1 is 1.59 bits per heavy atom. The Kier molecular flexibility index (Phi) is 2.94. The summed E-state index contributed by atoms with van der Waals surface area (Å²) >= 11 is 7.86. The molecular weight excluding hydrogens is 256 g/mol. The number of nitrogens with zero attached hydrogens (tertiary/aromatic N) is 2. The summed E-state index contributed by atoms with van der Waals surface area (Å²) in [5.74, 6) is 1.01. The smallest absolute Gasteiger partial charge is 0.150 e. The highest BCUT2D eigenvalue weighted by atomic mass is 35.5. The van der Waals surface area contributed by atoms with E-state index in [1.807, 2.05) is 6.07 Å². The number of thiophene rings is 1. The molecule has 0 saturated heterocycles. The molecule has 0 fully saturated rings. The summed E-state index contributed by atoms with van der Waals surface area (Å²) in [6.45, 7) is 0.816. The van der Waals surface area contributed by atoms with Gasteiger partial charge in [0, 0.05) is 24.3 Å². The lowest BCUT2D eigenvalue weighted by Crippen LogP contribution is -2.24. The predicted molar refractivity (Wildman–Crippen MR) is 68.7 cm³/mol. The van der Waals surface area contributed by atoms with Crippen molar-refractivity contribution in [3.8, 4) is 0 Å². The Morgan fingerprint density at radius 2 is 2.47 bits per heavy atom. The fourth-order valence-electron chi connectivity index (χ4n) is 2.27. The van der Waals surface area contributed by atoms with Crippen LogP contribution in [0.25, 0.3) is 0 Å². The number of hydrogen-bond donors (Lipinski definition) is 1. The minimum absolute atomic E-state index is 0.272. The molecule has 90 valence electrons. The van der Waals surface area contributed by atoms with Crippen molar-refractivity contribution in [1.82, 2.24) is 9.55 Å². The van der Waals surface area contributed by atoms with Gasteiger partial charge in [-0.2, -0.15) is 0 Å². The molecule has 17 heavy (non-hydrogen) atoms. The van der Waals surface area contributed by atoms with Gasteiger partial charge in [-0.3, -0.25) is 0 Å². The van der Waals surface area contributed by atoms with E-state index in [4.69, 9.17) is 11.6 Å². The first-order chi connectivity index (χ1) is 8.24. The molecule has 2 aromatic heterocycles. The highest BCUT2D eigenvalue weighted by Crippen LogP contribution is 2.26. The van der Waals surface area contributed by atoms with Crippen LogP contribution in [0, 0.1) is 0 Å². The number of aliphatic hydroxyl groups is 1. The lowest BCUT2D eigenvalue weighted by atomic mass is 10.1. The van der Waals surface area contributed by atoms with Crippen LogP contribution in [0.5, 0.6) is 0 Å². The number of aliphatic hydroxyl groups excluding tert-OH is 1. The molecule has 0 bridgehead atoms. The van der Waals surface area contributed by atoms with Crippen molar-refractivity contribution in [3.05, 3.63) is 39.1 Å². The molecule has 0 amide bonds. The van der Waals surface area contributed by atoms with Crippen LogP contribution in [0.2, 0.25) is 5.15 Å². The minimum Gasteiger partial charge on any atom is -0.393 e. The van der Waals surface area contributed by atoms with Gasteiger partial charge in [-0.1, -0.05) is 17.7 Å². The van der Waals surface area contributed by atoms with Crippen LogP contribution in [-0.2, 0) is 19.4 Å². The molecule has 1 atom stereocenters. The summed E-state index contributed by atoms with van der Waals surface area (Å²) in [6.07, 6.45) is 1.97. The lowest BCUT2D eigenvalue weighted by molar-refractivity contribution is 0.143.